The average molecular weight is 278 g/mol. The maximum Gasteiger partial charge on any atom is 0.242 e. The Kier molecular flexibility index (Phi) is 3.93. The minimum atomic E-state index is -3.63. The number of sulfonamides is 1. The summed E-state index contributed by atoms with van der Waals surface area (Å²) in [4.78, 5) is 0.259. The molecule has 0 unspecified atom stereocenters. The molecule has 102 valence electrons. The van der Waals surface area contributed by atoms with E-state index in [1.165, 1.54) is 0 Å². The fourth-order valence-corrected chi connectivity index (χ4v) is 4.19. The maximum atomic E-state index is 12.4. The van der Waals surface area contributed by atoms with Gasteiger partial charge < -0.3 is 0 Å². The van der Waals surface area contributed by atoms with Gasteiger partial charge in [-0.05, 0) is 31.4 Å². The van der Waals surface area contributed by atoms with Crippen molar-refractivity contribution in [2.24, 2.45) is 0 Å². The first-order valence-electron chi connectivity index (χ1n) is 6.50. The topological polar surface area (TPSA) is 70.0 Å². The van der Waals surface area contributed by atoms with Gasteiger partial charge in [-0.3, -0.25) is 0 Å². The summed E-state index contributed by atoms with van der Waals surface area (Å²) in [5.74, 6) is 0. The van der Waals surface area contributed by atoms with Crippen molar-refractivity contribution in [2.75, 3.05) is 0 Å². The molecule has 1 N–H and O–H groups in total. The molecule has 0 heterocycles. The molecule has 0 amide bonds. The number of nitrogens with zero attached hydrogens (tertiary/aromatic N) is 1. The van der Waals surface area contributed by atoms with Gasteiger partial charge in [0.1, 0.15) is 5.54 Å². The molecule has 1 aromatic rings. The summed E-state index contributed by atoms with van der Waals surface area (Å²) in [7, 11) is -3.63. The Morgan fingerprint density at radius 1 is 1.21 bits per heavy atom. The van der Waals surface area contributed by atoms with Gasteiger partial charge in [-0.25, -0.2) is 8.42 Å². The van der Waals surface area contributed by atoms with Crippen LogP contribution < -0.4 is 4.72 Å². The molecule has 1 aromatic carbocycles. The van der Waals surface area contributed by atoms with E-state index in [2.05, 4.69) is 10.8 Å². The Balaban J connectivity index is 2.31. The third-order valence-electron chi connectivity index (χ3n) is 3.63. The number of nitriles is 1. The summed E-state index contributed by atoms with van der Waals surface area (Å²) >= 11 is 0. The number of benzene rings is 1. The first kappa shape index (κ1) is 14.0. The van der Waals surface area contributed by atoms with Crippen LogP contribution in [0.3, 0.4) is 0 Å². The highest BCUT2D eigenvalue weighted by molar-refractivity contribution is 7.89. The quantitative estimate of drug-likeness (QED) is 0.923. The van der Waals surface area contributed by atoms with E-state index in [0.29, 0.717) is 18.4 Å². The lowest BCUT2D eigenvalue weighted by Crippen LogP contribution is -2.48. The highest BCUT2D eigenvalue weighted by Gasteiger charge is 2.36. The van der Waals surface area contributed by atoms with Gasteiger partial charge in [0.25, 0.3) is 0 Å². The van der Waals surface area contributed by atoms with Crippen LogP contribution in [0.1, 0.15) is 37.7 Å². The first-order chi connectivity index (χ1) is 8.99. The number of rotatable bonds is 3. The molecule has 1 saturated carbocycles. The summed E-state index contributed by atoms with van der Waals surface area (Å²) < 4.78 is 27.5. The Bertz CT molecular complexity index is 596. The van der Waals surface area contributed by atoms with Crippen LogP contribution in [0.15, 0.2) is 29.2 Å². The Morgan fingerprint density at radius 3 is 2.42 bits per heavy atom. The zero-order valence-electron chi connectivity index (χ0n) is 11.0. The maximum absolute atomic E-state index is 12.4. The second kappa shape index (κ2) is 5.32. The second-order valence-corrected chi connectivity index (χ2v) is 6.78. The third-order valence-corrected chi connectivity index (χ3v) is 5.33. The Morgan fingerprint density at radius 2 is 1.84 bits per heavy atom. The molecule has 0 radical (unpaired) electrons. The molecule has 19 heavy (non-hydrogen) atoms. The number of hydrogen-bond donors (Lipinski definition) is 1. The number of hydrogen-bond acceptors (Lipinski definition) is 3. The number of nitrogens with one attached hydrogen (secondary N) is 1. The normalized spacial score (nSPS) is 18.7. The third kappa shape index (κ3) is 2.96. The van der Waals surface area contributed by atoms with Crippen molar-refractivity contribution in [3.05, 3.63) is 29.8 Å². The summed E-state index contributed by atoms with van der Waals surface area (Å²) in [6.07, 6.45) is 4.03. The molecule has 1 aliphatic carbocycles. The van der Waals surface area contributed by atoms with Crippen LogP contribution in [0.25, 0.3) is 0 Å². The van der Waals surface area contributed by atoms with Crippen LogP contribution in [0.5, 0.6) is 0 Å². The molecule has 1 fully saturated rings. The molecular weight excluding hydrogens is 260 g/mol. The SMILES string of the molecule is Cc1ccccc1S(=O)(=O)NC1(C#N)CCCCC1. The monoisotopic (exact) mass is 278 g/mol. The van der Waals surface area contributed by atoms with E-state index in [-0.39, 0.29) is 4.90 Å². The Hall–Kier alpha value is -1.38. The minimum absolute atomic E-state index is 0.259. The van der Waals surface area contributed by atoms with Crippen LogP contribution in [-0.2, 0) is 10.0 Å². The zero-order valence-corrected chi connectivity index (χ0v) is 11.8. The predicted octanol–water partition coefficient (Wildman–Crippen LogP) is 2.50. The molecule has 1 aliphatic rings. The van der Waals surface area contributed by atoms with Crippen LogP contribution in [0, 0.1) is 18.3 Å². The first-order valence-corrected chi connectivity index (χ1v) is 7.98. The fourth-order valence-electron chi connectivity index (χ4n) is 2.56. The highest BCUT2D eigenvalue weighted by Crippen LogP contribution is 2.29. The lowest BCUT2D eigenvalue weighted by atomic mass is 9.84. The van der Waals surface area contributed by atoms with Crippen molar-refractivity contribution in [1.82, 2.24) is 4.72 Å². The van der Waals surface area contributed by atoms with Crippen LogP contribution >= 0.6 is 0 Å². The Labute approximate surface area is 114 Å². The molecule has 2 rings (SSSR count). The van der Waals surface area contributed by atoms with E-state index in [1.54, 1.807) is 31.2 Å². The minimum Gasteiger partial charge on any atom is -0.207 e. The van der Waals surface area contributed by atoms with E-state index in [4.69, 9.17) is 0 Å². The summed E-state index contributed by atoms with van der Waals surface area (Å²) in [5, 5.41) is 9.34. The van der Waals surface area contributed by atoms with E-state index < -0.39 is 15.6 Å². The largest absolute Gasteiger partial charge is 0.242 e. The average Bonchev–Trinajstić information content (AvgIpc) is 2.39. The molecule has 0 bridgehead atoms. The van der Waals surface area contributed by atoms with Crippen molar-refractivity contribution < 1.29 is 8.42 Å². The molecule has 4 nitrogen and oxygen atoms in total. The predicted molar refractivity (Wildman–Crippen MR) is 72.9 cm³/mol. The van der Waals surface area contributed by atoms with E-state index in [0.717, 1.165) is 19.3 Å². The lowest BCUT2D eigenvalue weighted by molar-refractivity contribution is 0.338. The highest BCUT2D eigenvalue weighted by atomic mass is 32.2. The smallest absolute Gasteiger partial charge is 0.207 e. The molecule has 0 aromatic heterocycles. The molecular formula is C14H18N2O2S. The van der Waals surface area contributed by atoms with E-state index >= 15 is 0 Å². The van der Waals surface area contributed by atoms with Gasteiger partial charge in [0, 0.05) is 0 Å². The summed E-state index contributed by atoms with van der Waals surface area (Å²) in [6.45, 7) is 1.76. The van der Waals surface area contributed by atoms with Crippen molar-refractivity contribution in [3.8, 4) is 6.07 Å². The van der Waals surface area contributed by atoms with Crippen LogP contribution in [0.4, 0.5) is 0 Å². The van der Waals surface area contributed by atoms with Gasteiger partial charge in [-0.2, -0.15) is 9.98 Å². The van der Waals surface area contributed by atoms with Crippen molar-refractivity contribution in [3.63, 3.8) is 0 Å². The molecule has 5 heteroatoms. The van der Waals surface area contributed by atoms with Gasteiger partial charge in [-0.1, -0.05) is 37.5 Å². The second-order valence-electron chi connectivity index (χ2n) is 5.13. The van der Waals surface area contributed by atoms with Crippen LogP contribution in [0.2, 0.25) is 0 Å². The van der Waals surface area contributed by atoms with Crippen LogP contribution in [-0.4, -0.2) is 14.0 Å². The standard InChI is InChI=1S/C14H18N2O2S/c1-12-7-3-4-8-13(12)19(17,18)16-14(11-15)9-5-2-6-10-14/h3-4,7-8,16H,2,5-6,9-10H2,1H3. The van der Waals surface area contributed by atoms with Crippen molar-refractivity contribution in [1.29, 1.82) is 5.26 Å². The van der Waals surface area contributed by atoms with Gasteiger partial charge in [0.05, 0.1) is 11.0 Å². The fraction of sp³-hybridized carbons (Fsp3) is 0.500. The lowest BCUT2D eigenvalue weighted by Gasteiger charge is -2.31. The van der Waals surface area contributed by atoms with Gasteiger partial charge in [0.2, 0.25) is 10.0 Å². The van der Waals surface area contributed by atoms with Crippen molar-refractivity contribution in [2.45, 2.75) is 49.5 Å². The van der Waals surface area contributed by atoms with E-state index in [9.17, 15) is 13.7 Å². The van der Waals surface area contributed by atoms with Gasteiger partial charge in [0.15, 0.2) is 0 Å². The molecule has 0 aliphatic heterocycles. The summed E-state index contributed by atoms with van der Waals surface area (Å²) in [6, 6.07) is 9.00. The van der Waals surface area contributed by atoms with Crippen molar-refractivity contribution >= 4 is 10.0 Å². The summed E-state index contributed by atoms with van der Waals surface area (Å²) in [5.41, 5.74) is -0.238. The zero-order chi connectivity index (χ0) is 13.9. The van der Waals surface area contributed by atoms with Gasteiger partial charge >= 0.3 is 0 Å². The molecule has 0 spiro atoms. The molecule has 0 saturated heterocycles. The van der Waals surface area contributed by atoms with Gasteiger partial charge in [-0.15, -0.1) is 0 Å². The molecule has 0 atom stereocenters. The van der Waals surface area contributed by atoms with E-state index in [1.807, 2.05) is 0 Å². The number of aryl methyl sites for hydroxylation is 1.